The molecule has 1 fully saturated rings. The summed E-state index contributed by atoms with van der Waals surface area (Å²) >= 11 is 0. The summed E-state index contributed by atoms with van der Waals surface area (Å²) in [5.41, 5.74) is 0.541. The van der Waals surface area contributed by atoms with E-state index in [-0.39, 0.29) is 6.61 Å². The summed E-state index contributed by atoms with van der Waals surface area (Å²) in [6.07, 6.45) is 6.18. The lowest BCUT2D eigenvalue weighted by molar-refractivity contribution is 0.173. The van der Waals surface area contributed by atoms with Crippen LogP contribution in [0.3, 0.4) is 0 Å². The average molecular weight is 199 g/mol. The highest BCUT2D eigenvalue weighted by atomic mass is 16.3. The van der Waals surface area contributed by atoms with Crippen LogP contribution < -0.4 is 5.32 Å². The number of hydrogen-bond acceptors (Lipinski definition) is 2. The monoisotopic (exact) mass is 199 g/mol. The van der Waals surface area contributed by atoms with Crippen molar-refractivity contribution in [3.63, 3.8) is 0 Å². The van der Waals surface area contributed by atoms with Gasteiger partial charge in [-0.1, -0.05) is 20.8 Å². The van der Waals surface area contributed by atoms with Gasteiger partial charge in [0.25, 0.3) is 0 Å². The fraction of sp³-hybridized carbons (Fsp3) is 1.00. The molecule has 2 heteroatoms. The molecule has 0 saturated heterocycles. The van der Waals surface area contributed by atoms with Crippen molar-refractivity contribution >= 4 is 0 Å². The first kappa shape index (κ1) is 12.0. The quantitative estimate of drug-likeness (QED) is 0.728. The molecule has 0 aromatic rings. The maximum absolute atomic E-state index is 9.10. The Morgan fingerprint density at radius 3 is 2.36 bits per heavy atom. The van der Waals surface area contributed by atoms with Crippen molar-refractivity contribution in [2.45, 2.75) is 65.0 Å². The van der Waals surface area contributed by atoms with Crippen LogP contribution in [0.4, 0.5) is 0 Å². The van der Waals surface area contributed by atoms with E-state index < -0.39 is 0 Å². The molecule has 0 bridgehead atoms. The van der Waals surface area contributed by atoms with Gasteiger partial charge in [0.2, 0.25) is 0 Å². The SMILES string of the molecule is CCC(CO)NC1CCC(C)(C)CC1. The van der Waals surface area contributed by atoms with Crippen molar-refractivity contribution in [3.05, 3.63) is 0 Å². The Balaban J connectivity index is 2.28. The van der Waals surface area contributed by atoms with Crippen LogP contribution in [0.1, 0.15) is 52.9 Å². The highest BCUT2D eigenvalue weighted by Gasteiger charge is 2.27. The fourth-order valence-electron chi connectivity index (χ4n) is 2.20. The van der Waals surface area contributed by atoms with Gasteiger partial charge in [0.05, 0.1) is 6.61 Å². The van der Waals surface area contributed by atoms with E-state index in [1.165, 1.54) is 25.7 Å². The zero-order valence-electron chi connectivity index (χ0n) is 9.84. The molecule has 1 aliphatic carbocycles. The van der Waals surface area contributed by atoms with E-state index >= 15 is 0 Å². The maximum Gasteiger partial charge on any atom is 0.0584 e. The van der Waals surface area contributed by atoms with Gasteiger partial charge >= 0.3 is 0 Å². The minimum Gasteiger partial charge on any atom is -0.395 e. The van der Waals surface area contributed by atoms with Crippen molar-refractivity contribution in [1.29, 1.82) is 0 Å². The standard InChI is InChI=1S/C12H25NO/c1-4-10(9-14)13-11-5-7-12(2,3)8-6-11/h10-11,13-14H,4-9H2,1-3H3. The Bertz CT molecular complexity index is 154. The van der Waals surface area contributed by atoms with Crippen LogP contribution in [-0.4, -0.2) is 23.8 Å². The van der Waals surface area contributed by atoms with Crippen LogP contribution in [0.5, 0.6) is 0 Å². The summed E-state index contributed by atoms with van der Waals surface area (Å²) < 4.78 is 0. The number of rotatable bonds is 4. The number of nitrogens with one attached hydrogen (secondary N) is 1. The first-order valence-corrected chi connectivity index (χ1v) is 5.94. The molecular formula is C12H25NO. The molecule has 2 N–H and O–H groups in total. The van der Waals surface area contributed by atoms with E-state index in [0.29, 0.717) is 17.5 Å². The summed E-state index contributed by atoms with van der Waals surface area (Å²) in [5.74, 6) is 0. The van der Waals surface area contributed by atoms with E-state index in [9.17, 15) is 0 Å². The van der Waals surface area contributed by atoms with E-state index in [1.54, 1.807) is 0 Å². The van der Waals surface area contributed by atoms with Crippen LogP contribution in [-0.2, 0) is 0 Å². The van der Waals surface area contributed by atoms with E-state index in [0.717, 1.165) is 6.42 Å². The summed E-state index contributed by atoms with van der Waals surface area (Å²) in [6, 6.07) is 0.946. The lowest BCUT2D eigenvalue weighted by Crippen LogP contribution is -2.43. The second kappa shape index (κ2) is 5.13. The summed E-state index contributed by atoms with van der Waals surface area (Å²) in [5, 5.41) is 12.6. The van der Waals surface area contributed by atoms with Gasteiger partial charge < -0.3 is 10.4 Å². The van der Waals surface area contributed by atoms with Gasteiger partial charge in [0, 0.05) is 12.1 Å². The Hall–Kier alpha value is -0.0800. The molecule has 1 aliphatic rings. The zero-order chi connectivity index (χ0) is 10.6. The van der Waals surface area contributed by atoms with Gasteiger partial charge in [-0.2, -0.15) is 0 Å². The third-order valence-corrected chi connectivity index (χ3v) is 3.52. The van der Waals surface area contributed by atoms with Gasteiger partial charge in [0.15, 0.2) is 0 Å². The third kappa shape index (κ3) is 3.58. The van der Waals surface area contributed by atoms with Crippen molar-refractivity contribution in [2.75, 3.05) is 6.61 Å². The minimum absolute atomic E-state index is 0.274. The van der Waals surface area contributed by atoms with Crippen molar-refractivity contribution in [1.82, 2.24) is 5.32 Å². The van der Waals surface area contributed by atoms with Crippen LogP contribution in [0.15, 0.2) is 0 Å². The molecule has 84 valence electrons. The molecule has 0 aromatic heterocycles. The van der Waals surface area contributed by atoms with Gasteiger partial charge in [-0.05, 0) is 37.5 Å². The molecular weight excluding hydrogens is 174 g/mol. The molecule has 1 saturated carbocycles. The van der Waals surface area contributed by atoms with E-state index in [4.69, 9.17) is 5.11 Å². The largest absolute Gasteiger partial charge is 0.395 e. The van der Waals surface area contributed by atoms with E-state index in [2.05, 4.69) is 26.1 Å². The normalized spacial score (nSPS) is 24.9. The molecule has 1 unspecified atom stereocenters. The molecule has 14 heavy (non-hydrogen) atoms. The Morgan fingerprint density at radius 2 is 1.93 bits per heavy atom. The summed E-state index contributed by atoms with van der Waals surface area (Å²) in [7, 11) is 0. The van der Waals surface area contributed by atoms with Crippen molar-refractivity contribution in [3.8, 4) is 0 Å². The molecule has 1 rings (SSSR count). The predicted molar refractivity (Wildman–Crippen MR) is 60.3 cm³/mol. The lowest BCUT2D eigenvalue weighted by Gasteiger charge is -2.36. The summed E-state index contributed by atoms with van der Waals surface area (Å²) in [4.78, 5) is 0. The molecule has 1 atom stereocenters. The molecule has 0 amide bonds. The maximum atomic E-state index is 9.10. The molecule has 0 heterocycles. The molecule has 0 spiro atoms. The predicted octanol–water partition coefficient (Wildman–Crippen LogP) is 2.32. The van der Waals surface area contributed by atoms with Gasteiger partial charge in [-0.25, -0.2) is 0 Å². The van der Waals surface area contributed by atoms with Crippen molar-refractivity contribution < 1.29 is 5.11 Å². The highest BCUT2D eigenvalue weighted by molar-refractivity contribution is 4.83. The van der Waals surface area contributed by atoms with Crippen LogP contribution in [0.2, 0.25) is 0 Å². The molecule has 0 aliphatic heterocycles. The number of hydrogen-bond donors (Lipinski definition) is 2. The Morgan fingerprint density at radius 1 is 1.36 bits per heavy atom. The smallest absolute Gasteiger partial charge is 0.0584 e. The highest BCUT2D eigenvalue weighted by Crippen LogP contribution is 2.35. The lowest BCUT2D eigenvalue weighted by atomic mass is 9.75. The Kier molecular flexibility index (Phi) is 4.39. The number of aliphatic hydroxyl groups is 1. The third-order valence-electron chi connectivity index (χ3n) is 3.52. The molecule has 0 radical (unpaired) electrons. The van der Waals surface area contributed by atoms with Crippen LogP contribution >= 0.6 is 0 Å². The number of aliphatic hydroxyl groups excluding tert-OH is 1. The second-order valence-corrected chi connectivity index (χ2v) is 5.39. The average Bonchev–Trinajstić information content (AvgIpc) is 2.16. The fourth-order valence-corrected chi connectivity index (χ4v) is 2.20. The second-order valence-electron chi connectivity index (χ2n) is 5.39. The topological polar surface area (TPSA) is 32.3 Å². The summed E-state index contributed by atoms with van der Waals surface area (Å²) in [6.45, 7) is 7.11. The van der Waals surface area contributed by atoms with Crippen molar-refractivity contribution in [2.24, 2.45) is 5.41 Å². The molecule has 2 nitrogen and oxygen atoms in total. The van der Waals surface area contributed by atoms with E-state index in [1.807, 2.05) is 0 Å². The zero-order valence-corrected chi connectivity index (χ0v) is 9.84. The first-order valence-electron chi connectivity index (χ1n) is 5.94. The Labute approximate surface area is 88.1 Å². The molecule has 0 aromatic carbocycles. The van der Waals surface area contributed by atoms with Crippen LogP contribution in [0.25, 0.3) is 0 Å². The first-order chi connectivity index (χ1) is 6.57. The minimum atomic E-state index is 0.274. The van der Waals surface area contributed by atoms with Gasteiger partial charge in [-0.15, -0.1) is 0 Å². The van der Waals surface area contributed by atoms with Gasteiger partial charge in [0.1, 0.15) is 0 Å². The van der Waals surface area contributed by atoms with Crippen LogP contribution in [0, 0.1) is 5.41 Å². The van der Waals surface area contributed by atoms with Gasteiger partial charge in [-0.3, -0.25) is 0 Å².